The van der Waals surface area contributed by atoms with Crippen LogP contribution in [0.5, 0.6) is 5.75 Å². The minimum absolute atomic E-state index is 0.170. The van der Waals surface area contributed by atoms with Crippen molar-refractivity contribution < 1.29 is 13.5 Å². The van der Waals surface area contributed by atoms with Crippen LogP contribution in [-0.4, -0.2) is 30.4 Å². The average molecular weight is 412 g/mol. The third kappa shape index (κ3) is 4.60. The van der Waals surface area contributed by atoms with Crippen LogP contribution >= 0.6 is 11.8 Å². The Morgan fingerprint density at radius 3 is 2.79 bits per heavy atom. The number of hydrogen-bond acceptors (Lipinski definition) is 8. The molecule has 29 heavy (non-hydrogen) atoms. The maximum Gasteiger partial charge on any atom is 0.277 e. The Kier molecular flexibility index (Phi) is 5.52. The Balaban J connectivity index is 1.39. The van der Waals surface area contributed by atoms with E-state index in [9.17, 15) is 4.39 Å². The summed E-state index contributed by atoms with van der Waals surface area (Å²) in [4.78, 5) is 0. The van der Waals surface area contributed by atoms with Crippen LogP contribution < -0.4 is 4.74 Å². The second kappa shape index (κ2) is 8.39. The first-order valence-electron chi connectivity index (χ1n) is 8.77. The van der Waals surface area contributed by atoms with E-state index in [4.69, 9.17) is 9.15 Å². The van der Waals surface area contributed by atoms with E-state index in [0.717, 1.165) is 16.9 Å². The molecule has 10 heteroatoms. The fraction of sp³-hybridized carbons (Fsp3) is 0.211. The zero-order valence-electron chi connectivity index (χ0n) is 15.7. The van der Waals surface area contributed by atoms with E-state index in [2.05, 4.69) is 25.7 Å². The molecule has 2 aromatic carbocycles. The standard InChI is InChI=1S/C19H17FN6O2S/c1-12-4-3-5-14(8-12)27-10-18-22-23-19(28-18)29-11-17-21-24-25-26(17)16-9-13(2)6-7-15(16)20/h3-9H,10-11H2,1-2H3. The summed E-state index contributed by atoms with van der Waals surface area (Å²) >= 11 is 1.26. The van der Waals surface area contributed by atoms with Gasteiger partial charge >= 0.3 is 0 Å². The number of thioether (sulfide) groups is 1. The van der Waals surface area contributed by atoms with Crippen LogP contribution in [-0.2, 0) is 12.4 Å². The van der Waals surface area contributed by atoms with Gasteiger partial charge in [-0.15, -0.1) is 15.3 Å². The Morgan fingerprint density at radius 2 is 1.93 bits per heavy atom. The van der Waals surface area contributed by atoms with Crippen molar-refractivity contribution in [2.75, 3.05) is 0 Å². The van der Waals surface area contributed by atoms with Gasteiger partial charge in [-0.3, -0.25) is 0 Å². The molecule has 0 aliphatic rings. The second-order valence-corrected chi connectivity index (χ2v) is 7.24. The van der Waals surface area contributed by atoms with E-state index in [0.29, 0.717) is 28.4 Å². The Bertz CT molecular complexity index is 1130. The number of rotatable bonds is 7. The minimum atomic E-state index is -0.400. The molecule has 148 valence electrons. The summed E-state index contributed by atoms with van der Waals surface area (Å²) in [6.07, 6.45) is 0. The summed E-state index contributed by atoms with van der Waals surface area (Å²) in [7, 11) is 0. The summed E-state index contributed by atoms with van der Waals surface area (Å²) in [5.41, 5.74) is 2.31. The molecule has 2 aromatic heterocycles. The quantitative estimate of drug-likeness (QED) is 0.425. The van der Waals surface area contributed by atoms with Gasteiger partial charge in [0.25, 0.3) is 11.1 Å². The molecule has 0 N–H and O–H groups in total. The normalized spacial score (nSPS) is 11.0. The molecule has 0 radical (unpaired) electrons. The molecular weight excluding hydrogens is 395 g/mol. The Hall–Kier alpha value is -3.27. The van der Waals surface area contributed by atoms with Crippen LogP contribution in [0.2, 0.25) is 0 Å². The molecule has 4 aromatic rings. The van der Waals surface area contributed by atoms with Crippen LogP contribution in [0.1, 0.15) is 22.8 Å². The topological polar surface area (TPSA) is 91.8 Å². The molecule has 0 unspecified atom stereocenters. The van der Waals surface area contributed by atoms with Crippen molar-refractivity contribution in [1.82, 2.24) is 30.4 Å². The summed E-state index contributed by atoms with van der Waals surface area (Å²) in [5.74, 6) is 1.49. The van der Waals surface area contributed by atoms with Gasteiger partial charge < -0.3 is 9.15 Å². The molecule has 0 spiro atoms. The van der Waals surface area contributed by atoms with E-state index in [-0.39, 0.29) is 6.61 Å². The number of benzene rings is 2. The van der Waals surface area contributed by atoms with Gasteiger partial charge in [-0.25, -0.2) is 4.39 Å². The van der Waals surface area contributed by atoms with E-state index >= 15 is 0 Å². The molecule has 0 fully saturated rings. The molecule has 2 heterocycles. The van der Waals surface area contributed by atoms with Gasteiger partial charge in [0.15, 0.2) is 12.4 Å². The second-order valence-electron chi connectivity index (χ2n) is 6.32. The van der Waals surface area contributed by atoms with Crippen molar-refractivity contribution in [3.05, 3.63) is 71.1 Å². The zero-order valence-corrected chi connectivity index (χ0v) is 16.6. The van der Waals surface area contributed by atoms with Gasteiger partial charge in [0.2, 0.25) is 0 Å². The van der Waals surface area contributed by atoms with Gasteiger partial charge in [-0.05, 0) is 59.7 Å². The lowest BCUT2D eigenvalue weighted by Gasteiger charge is -2.06. The number of tetrazole rings is 1. The molecule has 0 atom stereocenters. The van der Waals surface area contributed by atoms with Gasteiger partial charge in [0, 0.05) is 0 Å². The smallest absolute Gasteiger partial charge is 0.277 e. The van der Waals surface area contributed by atoms with Crippen molar-refractivity contribution in [3.63, 3.8) is 0 Å². The van der Waals surface area contributed by atoms with Crippen molar-refractivity contribution in [2.45, 2.75) is 31.4 Å². The lowest BCUT2D eigenvalue weighted by atomic mass is 10.2. The highest BCUT2D eigenvalue weighted by Gasteiger charge is 2.15. The van der Waals surface area contributed by atoms with Gasteiger partial charge in [-0.2, -0.15) is 4.68 Å². The largest absolute Gasteiger partial charge is 0.484 e. The van der Waals surface area contributed by atoms with Crippen molar-refractivity contribution in [3.8, 4) is 11.4 Å². The summed E-state index contributed by atoms with van der Waals surface area (Å²) in [5, 5.41) is 19.8. The molecule has 0 aliphatic heterocycles. The number of aryl methyl sites for hydroxylation is 2. The maximum absolute atomic E-state index is 14.2. The summed E-state index contributed by atoms with van der Waals surface area (Å²) < 4.78 is 26.8. The summed E-state index contributed by atoms with van der Waals surface area (Å²) in [6, 6.07) is 12.5. The first-order chi connectivity index (χ1) is 14.1. The van der Waals surface area contributed by atoms with E-state index in [1.54, 1.807) is 12.1 Å². The average Bonchev–Trinajstić information content (AvgIpc) is 3.36. The van der Waals surface area contributed by atoms with Crippen LogP contribution in [0.4, 0.5) is 4.39 Å². The number of halogens is 1. The van der Waals surface area contributed by atoms with Gasteiger partial charge in [0.1, 0.15) is 17.3 Å². The fourth-order valence-corrected chi connectivity index (χ4v) is 3.29. The van der Waals surface area contributed by atoms with Crippen LogP contribution in [0.3, 0.4) is 0 Å². The first-order valence-corrected chi connectivity index (χ1v) is 9.75. The molecule has 4 rings (SSSR count). The summed E-state index contributed by atoms with van der Waals surface area (Å²) in [6.45, 7) is 4.04. The zero-order chi connectivity index (χ0) is 20.2. The fourth-order valence-electron chi connectivity index (χ4n) is 2.60. The van der Waals surface area contributed by atoms with Crippen molar-refractivity contribution in [2.24, 2.45) is 0 Å². The number of aromatic nitrogens is 6. The monoisotopic (exact) mass is 412 g/mol. The predicted octanol–water partition coefficient (Wildman–Crippen LogP) is 3.67. The third-order valence-corrected chi connectivity index (χ3v) is 4.80. The lowest BCUT2D eigenvalue weighted by Crippen LogP contribution is -2.05. The molecule has 8 nitrogen and oxygen atoms in total. The number of ether oxygens (including phenoxy) is 1. The highest BCUT2D eigenvalue weighted by molar-refractivity contribution is 7.98. The molecule has 0 amide bonds. The van der Waals surface area contributed by atoms with Gasteiger partial charge in [-0.1, -0.05) is 30.0 Å². The maximum atomic E-state index is 14.2. The predicted molar refractivity (Wildman–Crippen MR) is 103 cm³/mol. The van der Waals surface area contributed by atoms with Crippen molar-refractivity contribution in [1.29, 1.82) is 0 Å². The Labute approximate surface area is 170 Å². The first kappa shape index (κ1) is 19.1. The SMILES string of the molecule is Cc1cccc(OCc2nnc(SCc3nnnn3-c3cc(C)ccc3F)o2)c1. The number of hydrogen-bond donors (Lipinski definition) is 0. The van der Waals surface area contributed by atoms with E-state index in [1.807, 2.05) is 38.1 Å². The van der Waals surface area contributed by atoms with Crippen LogP contribution in [0, 0.1) is 19.7 Å². The Morgan fingerprint density at radius 1 is 1.07 bits per heavy atom. The molecule has 0 saturated heterocycles. The van der Waals surface area contributed by atoms with Crippen LogP contribution in [0.25, 0.3) is 5.69 Å². The van der Waals surface area contributed by atoms with Crippen molar-refractivity contribution >= 4 is 11.8 Å². The number of nitrogens with zero attached hydrogens (tertiary/aromatic N) is 6. The van der Waals surface area contributed by atoms with E-state index in [1.165, 1.54) is 22.5 Å². The molecule has 0 aliphatic carbocycles. The minimum Gasteiger partial charge on any atom is -0.484 e. The molecule has 0 saturated carbocycles. The van der Waals surface area contributed by atoms with E-state index < -0.39 is 5.82 Å². The molecular formula is C19H17FN6O2S. The van der Waals surface area contributed by atoms with Gasteiger partial charge in [0.05, 0.1) is 5.75 Å². The highest BCUT2D eigenvalue weighted by atomic mass is 32.2. The van der Waals surface area contributed by atoms with Crippen LogP contribution in [0.15, 0.2) is 52.1 Å². The lowest BCUT2D eigenvalue weighted by molar-refractivity contribution is 0.252. The third-order valence-electron chi connectivity index (χ3n) is 3.99. The highest BCUT2D eigenvalue weighted by Crippen LogP contribution is 2.23. The molecule has 0 bridgehead atoms.